The van der Waals surface area contributed by atoms with Crippen molar-refractivity contribution < 1.29 is 57.7 Å². The van der Waals surface area contributed by atoms with Crippen LogP contribution in [0.15, 0.2) is 51.1 Å². The summed E-state index contributed by atoms with van der Waals surface area (Å²) in [4.78, 5) is 0. The Morgan fingerprint density at radius 3 is 2.00 bits per heavy atom. The van der Waals surface area contributed by atoms with Gasteiger partial charge in [0.05, 0.1) is 0 Å². The van der Waals surface area contributed by atoms with Crippen molar-refractivity contribution in [1.82, 2.24) is 0 Å². The van der Waals surface area contributed by atoms with E-state index in [1.54, 1.807) is 19.8 Å². The number of benzene rings is 1. The van der Waals surface area contributed by atoms with E-state index in [1.165, 1.54) is 6.04 Å². The second-order valence-electron chi connectivity index (χ2n) is 6.98. The molecule has 1 aliphatic carbocycles. The van der Waals surface area contributed by atoms with Crippen LogP contribution in [0, 0.1) is 5.41 Å². The third-order valence-corrected chi connectivity index (χ3v) is 10.4. The predicted octanol–water partition coefficient (Wildman–Crippen LogP) is -4.28. The zero-order chi connectivity index (χ0) is 15.0. The maximum atomic E-state index is 2.55. The third kappa shape index (κ3) is 5.24. The molecular weight excluding hydrogens is 399 g/mol. The number of rotatable bonds is 3. The van der Waals surface area contributed by atoms with Crippen molar-refractivity contribution in [2.24, 2.45) is 5.41 Å². The van der Waals surface area contributed by atoms with Crippen LogP contribution in [0.2, 0.25) is 12.6 Å². The molecule has 0 aromatic heterocycles. The molecule has 0 spiro atoms. The summed E-state index contributed by atoms with van der Waals surface area (Å²) < 4.78 is 1.61. The van der Waals surface area contributed by atoms with Gasteiger partial charge in [-0.3, -0.25) is 0 Å². The second-order valence-corrected chi connectivity index (χ2v) is 12.4. The summed E-state index contributed by atoms with van der Waals surface area (Å²) in [5.74, 6) is 0. The number of halogens is 3. The van der Waals surface area contributed by atoms with Gasteiger partial charge in [-0.25, -0.2) is 0 Å². The van der Waals surface area contributed by atoms with Gasteiger partial charge in [-0.05, 0) is 0 Å². The fraction of sp³-hybridized carbons (Fsp3) is 0.444. The second kappa shape index (κ2) is 9.85. The molecule has 1 atom stereocenters. The standard InChI is InChI=1S/C18H25Si.3ClH.Ti/c1-6-19(5,15-11-8-7-9-12-15)17-14-10-13-16(17)18(2,3)4;;;;/h7-9,11-13H,6,10H2,1-5H3;3*1H;/q;;;;+3/p-3. The van der Waals surface area contributed by atoms with Crippen LogP contribution < -0.4 is 42.4 Å². The van der Waals surface area contributed by atoms with Gasteiger partial charge in [0.25, 0.3) is 0 Å². The van der Waals surface area contributed by atoms with E-state index < -0.39 is 8.07 Å². The molecule has 2 rings (SSSR count). The van der Waals surface area contributed by atoms with Gasteiger partial charge in [0.1, 0.15) is 0 Å². The van der Waals surface area contributed by atoms with Crippen LogP contribution in [0.25, 0.3) is 0 Å². The molecule has 1 aromatic carbocycles. The molecule has 0 radical (unpaired) electrons. The molecule has 0 saturated heterocycles. The van der Waals surface area contributed by atoms with Gasteiger partial charge in [-0.15, -0.1) is 0 Å². The summed E-state index contributed by atoms with van der Waals surface area (Å²) in [5.41, 5.74) is 1.86. The zero-order valence-electron chi connectivity index (χ0n) is 14.5. The molecule has 0 saturated carbocycles. The van der Waals surface area contributed by atoms with E-state index in [-0.39, 0.29) is 42.6 Å². The van der Waals surface area contributed by atoms with Gasteiger partial charge in [-0.1, -0.05) is 0 Å². The Morgan fingerprint density at radius 2 is 1.57 bits per heavy atom. The Labute approximate surface area is 173 Å². The molecule has 5 heteroatoms. The first-order valence-electron chi connectivity index (χ1n) is 7.52. The Kier molecular flexibility index (Phi) is 11.0. The molecule has 0 N–H and O–H groups in total. The molecular formula is C18H25Cl3SiTi. The minimum Gasteiger partial charge on any atom is -1.00 e. The summed E-state index contributed by atoms with van der Waals surface area (Å²) in [6.45, 7) is 12.0. The third-order valence-electron chi connectivity index (χ3n) is 4.56. The van der Waals surface area contributed by atoms with Crippen LogP contribution in [0.5, 0.6) is 0 Å². The fourth-order valence-corrected chi connectivity index (χ4v) is 8.69. The van der Waals surface area contributed by atoms with Gasteiger partial charge in [0.15, 0.2) is 0 Å². The molecule has 1 unspecified atom stereocenters. The Morgan fingerprint density at radius 1 is 1.04 bits per heavy atom. The fourth-order valence-electron chi connectivity index (χ4n) is 3.21. The minimum atomic E-state index is -1.59. The molecule has 0 amide bonds. The van der Waals surface area contributed by atoms with Crippen molar-refractivity contribution in [2.75, 3.05) is 0 Å². The minimum absolute atomic E-state index is 0. The molecule has 0 fully saturated rings. The van der Waals surface area contributed by atoms with Gasteiger partial charge >= 0.3 is 137 Å². The monoisotopic (exact) mass is 422 g/mol. The Hall–Kier alpha value is 0.501. The molecule has 126 valence electrons. The summed E-state index contributed by atoms with van der Waals surface area (Å²) in [6, 6.07) is 12.5. The zero-order valence-corrected chi connectivity index (χ0v) is 19.3. The van der Waals surface area contributed by atoms with Crippen molar-refractivity contribution in [3.63, 3.8) is 0 Å². The van der Waals surface area contributed by atoms with Crippen molar-refractivity contribution in [2.45, 2.75) is 46.7 Å². The van der Waals surface area contributed by atoms with Crippen molar-refractivity contribution in [3.8, 4) is 0 Å². The molecule has 1 aromatic rings. The van der Waals surface area contributed by atoms with E-state index in [4.69, 9.17) is 0 Å². The van der Waals surface area contributed by atoms with Crippen molar-refractivity contribution in [3.05, 3.63) is 51.1 Å². The smallest absolute Gasteiger partial charge is 1.00 e. The quantitative estimate of drug-likeness (QED) is 0.432. The van der Waals surface area contributed by atoms with Crippen LogP contribution in [0.3, 0.4) is 0 Å². The molecule has 1 aliphatic rings. The van der Waals surface area contributed by atoms with Crippen LogP contribution >= 0.6 is 0 Å². The maximum Gasteiger partial charge on any atom is -1.00 e. The molecule has 0 nitrogen and oxygen atoms in total. The van der Waals surface area contributed by atoms with E-state index in [9.17, 15) is 0 Å². The van der Waals surface area contributed by atoms with Gasteiger partial charge in [-0.2, -0.15) is 0 Å². The molecule has 0 heterocycles. The molecule has 0 bridgehead atoms. The van der Waals surface area contributed by atoms with Crippen LogP contribution in [0.1, 0.15) is 34.1 Å². The van der Waals surface area contributed by atoms with E-state index in [0.29, 0.717) is 0 Å². The first-order valence-corrected chi connectivity index (χ1v) is 11.0. The number of allylic oxidation sites excluding steroid dienone is 4. The van der Waals surface area contributed by atoms with E-state index in [0.717, 1.165) is 6.42 Å². The maximum absolute atomic E-state index is 2.55. The van der Waals surface area contributed by atoms with Crippen LogP contribution in [-0.2, 0) is 20.4 Å². The molecule has 23 heavy (non-hydrogen) atoms. The normalized spacial score (nSPS) is 16.6. The number of hydrogen-bond acceptors (Lipinski definition) is 0. The molecule has 0 aliphatic heterocycles. The SMILES string of the molecule is CC[Si](C)(C1=[C]([Ti+3])CC=C1C(C)(C)C)c1ccccc1.[Cl-].[Cl-].[Cl-]. The van der Waals surface area contributed by atoms with Crippen molar-refractivity contribution in [1.29, 1.82) is 0 Å². The average molecular weight is 424 g/mol. The topological polar surface area (TPSA) is 0 Å². The summed E-state index contributed by atoms with van der Waals surface area (Å²) >= 11 is 2.34. The summed E-state index contributed by atoms with van der Waals surface area (Å²) in [5, 5.41) is 3.30. The van der Waals surface area contributed by atoms with E-state index in [1.807, 2.05) is 0 Å². The Balaban J connectivity index is 0. The average Bonchev–Trinajstić information content (AvgIpc) is 2.81. The van der Waals surface area contributed by atoms with E-state index in [2.05, 4.69) is 91.1 Å². The van der Waals surface area contributed by atoms with Crippen LogP contribution in [0.4, 0.5) is 0 Å². The first-order chi connectivity index (χ1) is 9.30. The Bertz CT molecular complexity index is 561. The van der Waals surface area contributed by atoms with Crippen molar-refractivity contribution >= 4 is 13.3 Å². The predicted molar refractivity (Wildman–Crippen MR) is 87.4 cm³/mol. The van der Waals surface area contributed by atoms with Gasteiger partial charge in [0.2, 0.25) is 0 Å². The van der Waals surface area contributed by atoms with E-state index >= 15 is 0 Å². The van der Waals surface area contributed by atoms with Crippen LogP contribution in [-0.4, -0.2) is 8.07 Å². The number of hydrogen-bond donors (Lipinski definition) is 0. The largest absolute Gasteiger partial charge is 1.00 e. The summed E-state index contributed by atoms with van der Waals surface area (Å²) in [7, 11) is -1.59. The first kappa shape index (κ1) is 25.7. The van der Waals surface area contributed by atoms with Gasteiger partial charge in [0, 0.05) is 0 Å². The summed E-state index contributed by atoms with van der Waals surface area (Å²) in [6.07, 6.45) is 3.63. The van der Waals surface area contributed by atoms with Gasteiger partial charge < -0.3 is 37.2 Å².